The molecule has 0 radical (unpaired) electrons. The Morgan fingerprint density at radius 1 is 0.558 bits per heavy atom. The lowest BCUT2D eigenvalue weighted by atomic mass is 10.0. The maximum absolute atomic E-state index is 12.7. The molecule has 2 atom stereocenters. The second-order valence-electron chi connectivity index (χ2n) is 15.9. The highest BCUT2D eigenvalue weighted by molar-refractivity contribution is 5.70. The SMILES string of the molecule is CCCCC/C=C\CCCCCCCC(=O)OC(COCCC(C(=O)[O-])[N+](C)(C)C)COC(=O)CCCCCCCCCCCCCCCCCC. The zero-order valence-electron chi connectivity index (χ0n) is 34.7. The molecule has 0 N–H and O–H groups in total. The van der Waals surface area contributed by atoms with Gasteiger partial charge in [-0.05, 0) is 38.5 Å². The van der Waals surface area contributed by atoms with Crippen LogP contribution in [0, 0.1) is 0 Å². The van der Waals surface area contributed by atoms with Crippen LogP contribution in [0.1, 0.15) is 200 Å². The number of aliphatic carboxylic acids is 1. The van der Waals surface area contributed by atoms with E-state index in [9.17, 15) is 19.5 Å². The van der Waals surface area contributed by atoms with Gasteiger partial charge in [0.1, 0.15) is 12.6 Å². The molecule has 0 bridgehead atoms. The fourth-order valence-electron chi connectivity index (χ4n) is 6.48. The molecule has 0 aliphatic heterocycles. The summed E-state index contributed by atoms with van der Waals surface area (Å²) < 4.78 is 17.1. The van der Waals surface area contributed by atoms with Gasteiger partial charge >= 0.3 is 11.9 Å². The molecule has 306 valence electrons. The highest BCUT2D eigenvalue weighted by Crippen LogP contribution is 2.15. The third-order valence-electron chi connectivity index (χ3n) is 9.90. The summed E-state index contributed by atoms with van der Waals surface area (Å²) in [7, 11) is 5.41. The molecular formula is C44H83NO7. The summed E-state index contributed by atoms with van der Waals surface area (Å²) in [4.78, 5) is 36.8. The number of likely N-dealkylation sites (N-methyl/N-ethyl adjacent to an activating group) is 1. The average Bonchev–Trinajstić information content (AvgIpc) is 3.09. The predicted octanol–water partition coefficient (Wildman–Crippen LogP) is 10.2. The lowest BCUT2D eigenvalue weighted by Crippen LogP contribution is -2.55. The number of esters is 2. The van der Waals surface area contributed by atoms with E-state index in [4.69, 9.17) is 14.2 Å². The van der Waals surface area contributed by atoms with Gasteiger partial charge in [-0.1, -0.05) is 154 Å². The van der Waals surface area contributed by atoms with Crippen molar-refractivity contribution < 1.29 is 38.2 Å². The molecule has 2 unspecified atom stereocenters. The van der Waals surface area contributed by atoms with Crippen LogP contribution in [-0.4, -0.2) is 75.5 Å². The fourth-order valence-corrected chi connectivity index (χ4v) is 6.48. The Labute approximate surface area is 320 Å². The zero-order chi connectivity index (χ0) is 38.5. The van der Waals surface area contributed by atoms with Gasteiger partial charge in [-0.25, -0.2) is 0 Å². The molecular weight excluding hydrogens is 654 g/mol. The van der Waals surface area contributed by atoms with Gasteiger partial charge in [0.05, 0.1) is 40.3 Å². The van der Waals surface area contributed by atoms with Gasteiger partial charge in [0.15, 0.2) is 6.10 Å². The van der Waals surface area contributed by atoms with Crippen molar-refractivity contribution in [3.8, 4) is 0 Å². The monoisotopic (exact) mass is 738 g/mol. The van der Waals surface area contributed by atoms with E-state index >= 15 is 0 Å². The number of hydrogen-bond acceptors (Lipinski definition) is 7. The van der Waals surface area contributed by atoms with Crippen molar-refractivity contribution in [3.63, 3.8) is 0 Å². The first-order valence-corrected chi connectivity index (χ1v) is 21.7. The summed E-state index contributed by atoms with van der Waals surface area (Å²) in [6.07, 6.45) is 36.6. The summed E-state index contributed by atoms with van der Waals surface area (Å²) in [6, 6.07) is -0.722. The van der Waals surface area contributed by atoms with Crippen molar-refractivity contribution in [2.45, 2.75) is 212 Å². The van der Waals surface area contributed by atoms with Crippen LogP contribution in [0.15, 0.2) is 12.2 Å². The number of carbonyl (C=O) groups is 3. The van der Waals surface area contributed by atoms with Crippen LogP contribution >= 0.6 is 0 Å². The van der Waals surface area contributed by atoms with E-state index in [0.717, 1.165) is 51.4 Å². The molecule has 0 saturated heterocycles. The van der Waals surface area contributed by atoms with Crippen molar-refractivity contribution in [2.75, 3.05) is 41.0 Å². The Hall–Kier alpha value is -1.93. The average molecular weight is 738 g/mol. The molecule has 0 aliphatic carbocycles. The van der Waals surface area contributed by atoms with Crippen LogP contribution in [0.4, 0.5) is 0 Å². The molecule has 0 saturated carbocycles. The van der Waals surface area contributed by atoms with Gasteiger partial charge < -0.3 is 28.6 Å². The van der Waals surface area contributed by atoms with Crippen LogP contribution in [0.3, 0.4) is 0 Å². The molecule has 0 aromatic rings. The van der Waals surface area contributed by atoms with Crippen LogP contribution in [0.2, 0.25) is 0 Å². The minimum absolute atomic E-state index is 0.0426. The maximum Gasteiger partial charge on any atom is 0.306 e. The quantitative estimate of drug-likeness (QED) is 0.0268. The van der Waals surface area contributed by atoms with Crippen molar-refractivity contribution in [2.24, 2.45) is 0 Å². The van der Waals surface area contributed by atoms with Gasteiger partial charge in [0.25, 0.3) is 0 Å². The molecule has 0 amide bonds. The van der Waals surface area contributed by atoms with E-state index in [1.54, 1.807) is 21.1 Å². The highest BCUT2D eigenvalue weighted by Gasteiger charge is 2.25. The number of ether oxygens (including phenoxy) is 3. The predicted molar refractivity (Wildman–Crippen MR) is 213 cm³/mol. The minimum atomic E-state index is -1.12. The van der Waals surface area contributed by atoms with E-state index in [1.807, 2.05) is 0 Å². The summed E-state index contributed by atoms with van der Waals surface area (Å²) in [6.45, 7) is 4.65. The smallest absolute Gasteiger partial charge is 0.306 e. The second-order valence-corrected chi connectivity index (χ2v) is 15.9. The topological polar surface area (TPSA) is 102 Å². The van der Waals surface area contributed by atoms with Gasteiger partial charge in [-0.3, -0.25) is 9.59 Å². The first kappa shape index (κ1) is 50.1. The van der Waals surface area contributed by atoms with E-state index < -0.39 is 18.1 Å². The largest absolute Gasteiger partial charge is 0.544 e. The Bertz CT molecular complexity index is 869. The summed E-state index contributed by atoms with van der Waals surface area (Å²) in [5.41, 5.74) is 0. The first-order valence-electron chi connectivity index (χ1n) is 21.7. The van der Waals surface area contributed by atoms with E-state index in [2.05, 4.69) is 26.0 Å². The number of rotatable bonds is 39. The lowest BCUT2D eigenvalue weighted by molar-refractivity contribution is -0.889. The molecule has 8 heteroatoms. The number of quaternary nitrogens is 1. The van der Waals surface area contributed by atoms with Gasteiger partial charge in [-0.2, -0.15) is 0 Å². The number of carbonyl (C=O) groups excluding carboxylic acids is 3. The van der Waals surface area contributed by atoms with Crippen LogP contribution in [0.5, 0.6) is 0 Å². The molecule has 52 heavy (non-hydrogen) atoms. The molecule has 0 spiro atoms. The van der Waals surface area contributed by atoms with Gasteiger partial charge in [0, 0.05) is 19.3 Å². The number of nitrogens with zero attached hydrogens (tertiary/aromatic N) is 1. The Morgan fingerprint density at radius 3 is 1.42 bits per heavy atom. The minimum Gasteiger partial charge on any atom is -0.544 e. The van der Waals surface area contributed by atoms with Gasteiger partial charge in [0.2, 0.25) is 0 Å². The van der Waals surface area contributed by atoms with E-state index in [-0.39, 0.29) is 42.7 Å². The number of allylic oxidation sites excluding steroid dienone is 2. The Kier molecular flexibility index (Phi) is 34.7. The standard InChI is InChI=1S/C44H83NO7/c1-6-8-10-12-14-16-18-20-21-22-23-25-26-28-30-32-34-42(46)51-39-40(38-50-37-36-41(44(48)49)45(3,4)5)52-43(47)35-33-31-29-27-24-19-17-15-13-11-9-7-2/h15,17,40-41H,6-14,16,18-39H2,1-5H3/b17-15-. The number of unbranched alkanes of at least 4 members (excludes halogenated alkanes) is 23. The second kappa shape index (κ2) is 36.1. The third kappa shape index (κ3) is 33.9. The molecule has 0 aliphatic rings. The first-order chi connectivity index (χ1) is 25.1. The Morgan fingerprint density at radius 2 is 0.962 bits per heavy atom. The van der Waals surface area contributed by atoms with Crippen LogP contribution in [0.25, 0.3) is 0 Å². The van der Waals surface area contributed by atoms with Crippen molar-refractivity contribution >= 4 is 17.9 Å². The normalized spacial score (nSPS) is 13.0. The van der Waals surface area contributed by atoms with Gasteiger partial charge in [-0.15, -0.1) is 0 Å². The number of carboxylic acids is 1. The van der Waals surface area contributed by atoms with Crippen LogP contribution < -0.4 is 5.11 Å². The summed E-state index contributed by atoms with van der Waals surface area (Å²) in [5, 5.41) is 11.6. The van der Waals surface area contributed by atoms with Crippen molar-refractivity contribution in [1.82, 2.24) is 0 Å². The fraction of sp³-hybridized carbons (Fsp3) is 0.886. The molecule has 0 aromatic carbocycles. The molecule has 0 aromatic heterocycles. The molecule has 0 heterocycles. The Balaban J connectivity index is 4.31. The lowest BCUT2D eigenvalue weighted by Gasteiger charge is -2.34. The van der Waals surface area contributed by atoms with E-state index in [1.165, 1.54) is 116 Å². The summed E-state index contributed by atoms with van der Waals surface area (Å²) in [5.74, 6) is -1.73. The zero-order valence-corrected chi connectivity index (χ0v) is 34.7. The third-order valence-corrected chi connectivity index (χ3v) is 9.90. The molecule has 0 fully saturated rings. The van der Waals surface area contributed by atoms with E-state index in [0.29, 0.717) is 12.8 Å². The molecule has 8 nitrogen and oxygen atoms in total. The number of hydrogen-bond donors (Lipinski definition) is 0. The highest BCUT2D eigenvalue weighted by atomic mass is 16.6. The van der Waals surface area contributed by atoms with Crippen LogP contribution in [-0.2, 0) is 28.6 Å². The molecule has 0 rings (SSSR count). The summed E-state index contributed by atoms with van der Waals surface area (Å²) >= 11 is 0. The van der Waals surface area contributed by atoms with Crippen molar-refractivity contribution in [3.05, 3.63) is 12.2 Å². The van der Waals surface area contributed by atoms with Crippen molar-refractivity contribution in [1.29, 1.82) is 0 Å². The number of carboxylic acid groups (broad SMARTS) is 1. The maximum atomic E-state index is 12.7.